The first-order valence-corrected chi connectivity index (χ1v) is 7.37. The summed E-state index contributed by atoms with van der Waals surface area (Å²) in [6, 6.07) is 0.605. The van der Waals surface area contributed by atoms with Gasteiger partial charge in [0.15, 0.2) is 0 Å². The zero-order valence-corrected chi connectivity index (χ0v) is 10.9. The number of ether oxygens (including phenoxy) is 1. The normalized spacial score (nSPS) is 31.6. The molecule has 0 amide bonds. The van der Waals surface area contributed by atoms with Crippen molar-refractivity contribution in [1.82, 2.24) is 5.32 Å². The van der Waals surface area contributed by atoms with Crippen molar-refractivity contribution in [2.45, 2.75) is 76.0 Å². The molecule has 2 aliphatic carbocycles. The molecular weight excluding hydrogens is 214 g/mol. The number of hydrogen-bond donors (Lipinski definition) is 2. The average molecular weight is 241 g/mol. The lowest BCUT2D eigenvalue weighted by atomic mass is 9.93. The van der Waals surface area contributed by atoms with Crippen molar-refractivity contribution in [2.24, 2.45) is 0 Å². The molecule has 2 rings (SSSR count). The summed E-state index contributed by atoms with van der Waals surface area (Å²) in [6.07, 6.45) is 11.2. The fourth-order valence-corrected chi connectivity index (χ4v) is 3.00. The highest BCUT2D eigenvalue weighted by molar-refractivity contribution is 4.76. The minimum absolute atomic E-state index is 0.0495. The lowest BCUT2D eigenvalue weighted by Crippen LogP contribution is -2.37. The second-order valence-corrected chi connectivity index (χ2v) is 5.59. The molecule has 3 nitrogen and oxygen atoms in total. The molecule has 0 heterocycles. The van der Waals surface area contributed by atoms with E-state index in [4.69, 9.17) is 4.74 Å². The zero-order valence-electron chi connectivity index (χ0n) is 10.9. The topological polar surface area (TPSA) is 41.5 Å². The molecule has 0 aromatic carbocycles. The van der Waals surface area contributed by atoms with Gasteiger partial charge in [0.1, 0.15) is 0 Å². The molecule has 2 aliphatic rings. The van der Waals surface area contributed by atoms with Gasteiger partial charge < -0.3 is 15.2 Å². The molecule has 100 valence electrons. The summed E-state index contributed by atoms with van der Waals surface area (Å²) in [6.45, 7) is 1.82. The fourth-order valence-electron chi connectivity index (χ4n) is 3.00. The van der Waals surface area contributed by atoms with Crippen molar-refractivity contribution in [3.05, 3.63) is 0 Å². The highest BCUT2D eigenvalue weighted by atomic mass is 16.5. The standard InChI is InChI=1S/C14H27NO2/c16-13-8-6-12(7-9-13)15-10-11-17-14-4-2-1-3-5-14/h12-16H,1-11H2. The van der Waals surface area contributed by atoms with Crippen LogP contribution in [-0.4, -0.2) is 36.5 Å². The van der Waals surface area contributed by atoms with Crippen molar-refractivity contribution < 1.29 is 9.84 Å². The van der Waals surface area contributed by atoms with Crippen molar-refractivity contribution >= 4 is 0 Å². The third-order valence-electron chi connectivity index (χ3n) is 4.14. The summed E-state index contributed by atoms with van der Waals surface area (Å²) in [4.78, 5) is 0. The first kappa shape index (κ1) is 13.3. The van der Waals surface area contributed by atoms with Crippen LogP contribution in [0.25, 0.3) is 0 Å². The molecular formula is C14H27NO2. The van der Waals surface area contributed by atoms with Gasteiger partial charge in [0.2, 0.25) is 0 Å². The lowest BCUT2D eigenvalue weighted by molar-refractivity contribution is 0.0280. The summed E-state index contributed by atoms with van der Waals surface area (Å²) in [5.74, 6) is 0. The molecule has 0 bridgehead atoms. The summed E-state index contributed by atoms with van der Waals surface area (Å²) in [7, 11) is 0. The minimum Gasteiger partial charge on any atom is -0.393 e. The molecule has 0 aromatic rings. The summed E-state index contributed by atoms with van der Waals surface area (Å²) >= 11 is 0. The Kier molecular flexibility index (Phi) is 5.75. The highest BCUT2D eigenvalue weighted by Gasteiger charge is 2.18. The monoisotopic (exact) mass is 241 g/mol. The Morgan fingerprint density at radius 3 is 2.35 bits per heavy atom. The van der Waals surface area contributed by atoms with Gasteiger partial charge in [0, 0.05) is 12.6 Å². The van der Waals surface area contributed by atoms with Gasteiger partial charge in [0.25, 0.3) is 0 Å². The summed E-state index contributed by atoms with van der Waals surface area (Å²) < 4.78 is 5.88. The van der Waals surface area contributed by atoms with E-state index in [0.29, 0.717) is 12.1 Å². The van der Waals surface area contributed by atoms with E-state index < -0.39 is 0 Å². The Morgan fingerprint density at radius 2 is 1.65 bits per heavy atom. The van der Waals surface area contributed by atoms with Crippen LogP contribution in [0.15, 0.2) is 0 Å². The number of aliphatic hydroxyl groups is 1. The van der Waals surface area contributed by atoms with Crippen LogP contribution in [0.1, 0.15) is 57.8 Å². The van der Waals surface area contributed by atoms with E-state index in [1.165, 1.54) is 32.1 Å². The van der Waals surface area contributed by atoms with E-state index in [1.807, 2.05) is 0 Å². The quantitative estimate of drug-likeness (QED) is 0.725. The second-order valence-electron chi connectivity index (χ2n) is 5.59. The molecule has 2 N–H and O–H groups in total. The predicted molar refractivity (Wildman–Crippen MR) is 69.1 cm³/mol. The van der Waals surface area contributed by atoms with E-state index in [9.17, 15) is 5.11 Å². The maximum Gasteiger partial charge on any atom is 0.0594 e. The molecule has 0 radical (unpaired) electrons. The zero-order chi connectivity index (χ0) is 11.9. The van der Waals surface area contributed by atoms with E-state index in [1.54, 1.807) is 0 Å². The van der Waals surface area contributed by atoms with Gasteiger partial charge in [0.05, 0.1) is 18.8 Å². The van der Waals surface area contributed by atoms with E-state index >= 15 is 0 Å². The molecule has 0 aromatic heterocycles. The van der Waals surface area contributed by atoms with Gasteiger partial charge in [-0.1, -0.05) is 19.3 Å². The smallest absolute Gasteiger partial charge is 0.0594 e. The van der Waals surface area contributed by atoms with Gasteiger partial charge >= 0.3 is 0 Å². The van der Waals surface area contributed by atoms with Crippen LogP contribution in [0.3, 0.4) is 0 Å². The first-order chi connectivity index (χ1) is 8.34. The number of aliphatic hydroxyl groups excluding tert-OH is 1. The minimum atomic E-state index is -0.0495. The Bertz CT molecular complexity index is 196. The predicted octanol–water partition coefficient (Wildman–Crippen LogP) is 2.23. The fraction of sp³-hybridized carbons (Fsp3) is 1.00. The van der Waals surface area contributed by atoms with Crippen LogP contribution in [0.2, 0.25) is 0 Å². The van der Waals surface area contributed by atoms with Crippen LogP contribution in [0.4, 0.5) is 0 Å². The third-order valence-corrected chi connectivity index (χ3v) is 4.14. The Morgan fingerprint density at radius 1 is 0.941 bits per heavy atom. The van der Waals surface area contributed by atoms with Gasteiger partial charge in [-0.15, -0.1) is 0 Å². The van der Waals surface area contributed by atoms with Crippen LogP contribution in [0.5, 0.6) is 0 Å². The molecule has 0 unspecified atom stereocenters. The Balaban J connectivity index is 1.48. The van der Waals surface area contributed by atoms with E-state index in [0.717, 1.165) is 38.8 Å². The van der Waals surface area contributed by atoms with Crippen molar-refractivity contribution in [2.75, 3.05) is 13.2 Å². The molecule has 0 spiro atoms. The number of hydrogen-bond acceptors (Lipinski definition) is 3. The van der Waals surface area contributed by atoms with Crippen LogP contribution >= 0.6 is 0 Å². The highest BCUT2D eigenvalue weighted by Crippen LogP contribution is 2.20. The van der Waals surface area contributed by atoms with Crippen molar-refractivity contribution in [3.8, 4) is 0 Å². The molecule has 17 heavy (non-hydrogen) atoms. The van der Waals surface area contributed by atoms with E-state index in [-0.39, 0.29) is 6.10 Å². The third kappa shape index (κ3) is 4.94. The second kappa shape index (κ2) is 7.34. The van der Waals surface area contributed by atoms with Gasteiger partial charge in [-0.05, 0) is 38.5 Å². The SMILES string of the molecule is OC1CCC(NCCOC2CCCCC2)CC1. The molecule has 3 heteroatoms. The van der Waals surface area contributed by atoms with E-state index in [2.05, 4.69) is 5.32 Å². The Labute approximate surface area is 105 Å². The molecule has 0 atom stereocenters. The van der Waals surface area contributed by atoms with Crippen LogP contribution < -0.4 is 5.32 Å². The lowest BCUT2D eigenvalue weighted by Gasteiger charge is -2.27. The van der Waals surface area contributed by atoms with Crippen molar-refractivity contribution in [1.29, 1.82) is 0 Å². The maximum absolute atomic E-state index is 9.42. The van der Waals surface area contributed by atoms with Crippen LogP contribution in [0, 0.1) is 0 Å². The molecule has 0 saturated heterocycles. The van der Waals surface area contributed by atoms with Gasteiger partial charge in [-0.25, -0.2) is 0 Å². The Hall–Kier alpha value is -0.120. The summed E-state index contributed by atoms with van der Waals surface area (Å²) in [5, 5.41) is 13.0. The van der Waals surface area contributed by atoms with Gasteiger partial charge in [-0.2, -0.15) is 0 Å². The number of rotatable bonds is 5. The molecule has 0 aliphatic heterocycles. The van der Waals surface area contributed by atoms with Gasteiger partial charge in [-0.3, -0.25) is 0 Å². The number of nitrogens with one attached hydrogen (secondary N) is 1. The molecule has 2 saturated carbocycles. The first-order valence-electron chi connectivity index (χ1n) is 7.37. The maximum atomic E-state index is 9.42. The largest absolute Gasteiger partial charge is 0.393 e. The van der Waals surface area contributed by atoms with Crippen LogP contribution in [-0.2, 0) is 4.74 Å². The summed E-state index contributed by atoms with van der Waals surface area (Å²) in [5.41, 5.74) is 0. The van der Waals surface area contributed by atoms with Crippen molar-refractivity contribution in [3.63, 3.8) is 0 Å². The molecule has 2 fully saturated rings. The average Bonchev–Trinajstić information content (AvgIpc) is 2.38.